The lowest BCUT2D eigenvalue weighted by atomic mass is 10.0. The molecule has 144 valence electrons. The molecule has 0 radical (unpaired) electrons. The van der Waals surface area contributed by atoms with Crippen LogP contribution in [0.25, 0.3) is 0 Å². The summed E-state index contributed by atoms with van der Waals surface area (Å²) in [5, 5.41) is 6.48. The fraction of sp³-hybridized carbons (Fsp3) is 0.938. The second-order valence-electron chi connectivity index (χ2n) is 5.52. The summed E-state index contributed by atoms with van der Waals surface area (Å²) in [4.78, 5) is 4.17. The topological polar surface area (TPSA) is 73.3 Å². The molecule has 24 heavy (non-hydrogen) atoms. The van der Waals surface area contributed by atoms with Crippen molar-refractivity contribution in [2.75, 3.05) is 73.5 Å². The Bertz CT molecular complexity index is 303. The minimum Gasteiger partial charge on any atom is -0.382 e. The molecule has 1 heterocycles. The lowest BCUT2D eigenvalue weighted by Crippen LogP contribution is -2.39. The van der Waals surface area contributed by atoms with Crippen LogP contribution in [0.4, 0.5) is 0 Å². The molecule has 8 heteroatoms. The fourth-order valence-electron chi connectivity index (χ4n) is 2.25. The first-order chi connectivity index (χ1) is 11.4. The van der Waals surface area contributed by atoms with Gasteiger partial charge in [0, 0.05) is 53.7 Å². The smallest absolute Gasteiger partial charge is 0.191 e. The number of nitrogens with zero attached hydrogens (tertiary/aromatic N) is 1. The van der Waals surface area contributed by atoms with Gasteiger partial charge in [-0.05, 0) is 25.2 Å². The number of rotatable bonds is 12. The van der Waals surface area contributed by atoms with Gasteiger partial charge in [0.05, 0.1) is 19.8 Å². The molecular formula is C16H34IN3O4. The van der Waals surface area contributed by atoms with Crippen LogP contribution in [0.2, 0.25) is 0 Å². The van der Waals surface area contributed by atoms with E-state index in [1.165, 1.54) is 0 Å². The average molecular weight is 459 g/mol. The predicted octanol–water partition coefficient (Wildman–Crippen LogP) is 1.27. The van der Waals surface area contributed by atoms with Crippen molar-refractivity contribution in [3.05, 3.63) is 0 Å². The standard InChI is InChI=1S/C16H33N3O4.HI/c1-17-16(19-7-11-22-13-12-20-2)18-6-3-8-23-14-15-4-9-21-10-5-15;/h15H,3-14H2,1-2H3,(H2,17,18,19);1H. The van der Waals surface area contributed by atoms with Crippen LogP contribution < -0.4 is 10.6 Å². The van der Waals surface area contributed by atoms with Gasteiger partial charge in [0.2, 0.25) is 0 Å². The highest BCUT2D eigenvalue weighted by Crippen LogP contribution is 2.14. The van der Waals surface area contributed by atoms with E-state index >= 15 is 0 Å². The van der Waals surface area contributed by atoms with Gasteiger partial charge in [-0.25, -0.2) is 0 Å². The Labute approximate surface area is 163 Å². The van der Waals surface area contributed by atoms with E-state index in [0.29, 0.717) is 25.7 Å². The number of hydrogen-bond donors (Lipinski definition) is 2. The number of halogens is 1. The molecular weight excluding hydrogens is 425 g/mol. The highest BCUT2D eigenvalue weighted by Gasteiger charge is 2.13. The Morgan fingerprint density at radius 3 is 2.50 bits per heavy atom. The van der Waals surface area contributed by atoms with E-state index in [0.717, 1.165) is 64.7 Å². The second kappa shape index (κ2) is 17.7. The summed E-state index contributed by atoms with van der Waals surface area (Å²) in [5.74, 6) is 1.47. The molecule has 1 saturated heterocycles. The van der Waals surface area contributed by atoms with Crippen molar-refractivity contribution in [3.8, 4) is 0 Å². The van der Waals surface area contributed by atoms with Crippen LogP contribution in [-0.2, 0) is 18.9 Å². The SMILES string of the molecule is CN=C(NCCCOCC1CCOCC1)NCCOCCOC.I. The number of methoxy groups -OCH3 is 1. The van der Waals surface area contributed by atoms with E-state index in [1.807, 2.05) is 0 Å². The van der Waals surface area contributed by atoms with Crippen molar-refractivity contribution >= 4 is 29.9 Å². The van der Waals surface area contributed by atoms with E-state index in [9.17, 15) is 0 Å². The molecule has 1 aliphatic rings. The van der Waals surface area contributed by atoms with E-state index in [4.69, 9.17) is 18.9 Å². The van der Waals surface area contributed by atoms with Crippen LogP contribution in [0.1, 0.15) is 19.3 Å². The average Bonchev–Trinajstić information content (AvgIpc) is 2.60. The number of ether oxygens (including phenoxy) is 4. The number of hydrogen-bond acceptors (Lipinski definition) is 5. The molecule has 0 aromatic rings. The molecule has 1 fully saturated rings. The van der Waals surface area contributed by atoms with Crippen molar-refractivity contribution in [2.45, 2.75) is 19.3 Å². The molecule has 2 N–H and O–H groups in total. The van der Waals surface area contributed by atoms with Crippen molar-refractivity contribution in [1.82, 2.24) is 10.6 Å². The third-order valence-electron chi connectivity index (χ3n) is 3.65. The van der Waals surface area contributed by atoms with Gasteiger partial charge in [-0.3, -0.25) is 4.99 Å². The monoisotopic (exact) mass is 459 g/mol. The summed E-state index contributed by atoms with van der Waals surface area (Å²) >= 11 is 0. The van der Waals surface area contributed by atoms with Gasteiger partial charge in [0.25, 0.3) is 0 Å². The quantitative estimate of drug-likeness (QED) is 0.198. The van der Waals surface area contributed by atoms with Crippen LogP contribution in [0.15, 0.2) is 4.99 Å². The van der Waals surface area contributed by atoms with Gasteiger partial charge in [0.1, 0.15) is 0 Å². The first kappa shape index (κ1) is 23.8. The highest BCUT2D eigenvalue weighted by molar-refractivity contribution is 14.0. The van der Waals surface area contributed by atoms with Crippen molar-refractivity contribution in [3.63, 3.8) is 0 Å². The normalized spacial score (nSPS) is 15.8. The Balaban J connectivity index is 0.00000529. The largest absolute Gasteiger partial charge is 0.382 e. The van der Waals surface area contributed by atoms with E-state index < -0.39 is 0 Å². The maximum atomic E-state index is 5.74. The van der Waals surface area contributed by atoms with Crippen molar-refractivity contribution in [1.29, 1.82) is 0 Å². The van der Waals surface area contributed by atoms with Crippen LogP contribution in [0, 0.1) is 5.92 Å². The Kier molecular flexibility index (Phi) is 17.5. The lowest BCUT2D eigenvalue weighted by Gasteiger charge is -2.21. The lowest BCUT2D eigenvalue weighted by molar-refractivity contribution is 0.0203. The van der Waals surface area contributed by atoms with E-state index in [-0.39, 0.29) is 24.0 Å². The molecule has 0 aromatic heterocycles. The zero-order chi connectivity index (χ0) is 16.6. The van der Waals surface area contributed by atoms with E-state index in [1.54, 1.807) is 14.2 Å². The molecule has 7 nitrogen and oxygen atoms in total. The Hall–Kier alpha value is -0.160. The first-order valence-electron chi connectivity index (χ1n) is 8.53. The molecule has 1 aliphatic heterocycles. The molecule has 0 atom stereocenters. The third-order valence-corrected chi connectivity index (χ3v) is 3.65. The first-order valence-corrected chi connectivity index (χ1v) is 8.53. The van der Waals surface area contributed by atoms with Gasteiger partial charge in [0.15, 0.2) is 5.96 Å². The molecule has 0 aromatic carbocycles. The maximum Gasteiger partial charge on any atom is 0.191 e. The molecule has 0 spiro atoms. The van der Waals surface area contributed by atoms with Crippen LogP contribution in [0.3, 0.4) is 0 Å². The summed E-state index contributed by atoms with van der Waals surface area (Å²) < 4.78 is 21.4. The van der Waals surface area contributed by atoms with E-state index in [2.05, 4.69) is 15.6 Å². The summed E-state index contributed by atoms with van der Waals surface area (Å²) in [6, 6.07) is 0. The molecule has 0 amide bonds. The minimum atomic E-state index is 0. The van der Waals surface area contributed by atoms with Gasteiger partial charge < -0.3 is 29.6 Å². The Morgan fingerprint density at radius 2 is 1.79 bits per heavy atom. The summed E-state index contributed by atoms with van der Waals surface area (Å²) in [5.41, 5.74) is 0. The van der Waals surface area contributed by atoms with Crippen molar-refractivity contribution in [2.24, 2.45) is 10.9 Å². The Morgan fingerprint density at radius 1 is 1.04 bits per heavy atom. The van der Waals surface area contributed by atoms with Gasteiger partial charge in [-0.2, -0.15) is 0 Å². The van der Waals surface area contributed by atoms with Crippen LogP contribution in [0.5, 0.6) is 0 Å². The van der Waals surface area contributed by atoms with Crippen molar-refractivity contribution < 1.29 is 18.9 Å². The zero-order valence-corrected chi connectivity index (χ0v) is 17.4. The summed E-state index contributed by atoms with van der Waals surface area (Å²) in [7, 11) is 3.43. The van der Waals surface area contributed by atoms with Gasteiger partial charge in [-0.1, -0.05) is 0 Å². The third kappa shape index (κ3) is 13.2. The van der Waals surface area contributed by atoms with Gasteiger partial charge in [-0.15, -0.1) is 24.0 Å². The highest BCUT2D eigenvalue weighted by atomic mass is 127. The van der Waals surface area contributed by atoms with Crippen LogP contribution in [-0.4, -0.2) is 79.5 Å². The number of aliphatic imine (C=N–C) groups is 1. The molecule has 0 saturated carbocycles. The molecule has 0 aliphatic carbocycles. The second-order valence-corrected chi connectivity index (χ2v) is 5.52. The maximum absolute atomic E-state index is 5.74. The summed E-state index contributed by atoms with van der Waals surface area (Å²) in [6.07, 6.45) is 3.22. The van der Waals surface area contributed by atoms with Gasteiger partial charge >= 0.3 is 0 Å². The molecule has 1 rings (SSSR count). The summed E-state index contributed by atoms with van der Waals surface area (Å²) in [6.45, 7) is 6.85. The molecule has 0 bridgehead atoms. The number of guanidine groups is 1. The minimum absolute atomic E-state index is 0. The number of nitrogens with one attached hydrogen (secondary N) is 2. The predicted molar refractivity (Wildman–Crippen MR) is 106 cm³/mol. The zero-order valence-electron chi connectivity index (χ0n) is 15.1. The van der Waals surface area contributed by atoms with Crippen LogP contribution >= 0.6 is 24.0 Å². The fourth-order valence-corrected chi connectivity index (χ4v) is 2.25. The molecule has 0 unspecified atom stereocenters.